The quantitative estimate of drug-likeness (QED) is 0.541. The summed E-state index contributed by atoms with van der Waals surface area (Å²) in [5.41, 5.74) is 3.48. The van der Waals surface area contributed by atoms with Crippen LogP contribution >= 0.6 is 0 Å². The van der Waals surface area contributed by atoms with Gasteiger partial charge in [0.1, 0.15) is 5.82 Å². The van der Waals surface area contributed by atoms with E-state index in [0.717, 1.165) is 33.7 Å². The summed E-state index contributed by atoms with van der Waals surface area (Å²) in [7, 11) is 0. The fourth-order valence-electron chi connectivity index (χ4n) is 2.87. The Labute approximate surface area is 157 Å². The Kier molecular flexibility index (Phi) is 4.49. The number of para-hydroxylation sites is 1. The Balaban J connectivity index is 1.73. The third kappa shape index (κ3) is 3.77. The lowest BCUT2D eigenvalue weighted by Gasteiger charge is -2.12. The monoisotopic (exact) mass is 354 g/mol. The third-order valence-corrected chi connectivity index (χ3v) is 4.10. The smallest absolute Gasteiger partial charge is 0.221 e. The largest absolute Gasteiger partial charge is 0.340 e. The molecule has 2 N–H and O–H groups in total. The molecule has 0 aliphatic rings. The maximum Gasteiger partial charge on any atom is 0.221 e. The van der Waals surface area contributed by atoms with Crippen LogP contribution < -0.4 is 10.6 Å². The van der Waals surface area contributed by atoms with E-state index in [4.69, 9.17) is 9.97 Å². The van der Waals surface area contributed by atoms with E-state index in [1.807, 2.05) is 78.9 Å². The standard InChI is InChI=1S/C22H18N4O/c1-15(27)23-17-11-13-18(14-12-17)24-22-19-9-5-6-10-20(19)25-21(26-22)16-7-3-2-4-8-16/h2-14H,1H3,(H,23,27)(H,24,25,26). The minimum absolute atomic E-state index is 0.0926. The summed E-state index contributed by atoms with van der Waals surface area (Å²) in [6, 6.07) is 25.4. The van der Waals surface area contributed by atoms with Crippen LogP contribution in [0.3, 0.4) is 0 Å². The molecule has 0 radical (unpaired) electrons. The topological polar surface area (TPSA) is 66.9 Å². The molecular weight excluding hydrogens is 336 g/mol. The molecule has 132 valence electrons. The highest BCUT2D eigenvalue weighted by atomic mass is 16.1. The van der Waals surface area contributed by atoms with Gasteiger partial charge in [0, 0.05) is 29.2 Å². The number of nitrogens with zero attached hydrogens (tertiary/aromatic N) is 2. The zero-order valence-electron chi connectivity index (χ0n) is 14.8. The van der Waals surface area contributed by atoms with Crippen LogP contribution in [0.4, 0.5) is 17.2 Å². The van der Waals surface area contributed by atoms with Gasteiger partial charge in [-0.25, -0.2) is 9.97 Å². The Morgan fingerprint density at radius 1 is 0.778 bits per heavy atom. The van der Waals surface area contributed by atoms with E-state index in [1.165, 1.54) is 6.92 Å². The first kappa shape index (κ1) is 16.7. The van der Waals surface area contributed by atoms with E-state index in [2.05, 4.69) is 10.6 Å². The SMILES string of the molecule is CC(=O)Nc1ccc(Nc2nc(-c3ccccc3)nc3ccccc23)cc1. The van der Waals surface area contributed by atoms with Crippen LogP contribution in [0.2, 0.25) is 0 Å². The van der Waals surface area contributed by atoms with Crippen molar-refractivity contribution in [3.05, 3.63) is 78.9 Å². The minimum atomic E-state index is -0.0926. The maximum atomic E-state index is 11.2. The number of aromatic nitrogens is 2. The summed E-state index contributed by atoms with van der Waals surface area (Å²) >= 11 is 0. The highest BCUT2D eigenvalue weighted by molar-refractivity contribution is 5.92. The van der Waals surface area contributed by atoms with Crippen molar-refractivity contribution < 1.29 is 4.79 Å². The lowest BCUT2D eigenvalue weighted by molar-refractivity contribution is -0.114. The second-order valence-corrected chi connectivity index (χ2v) is 6.16. The predicted molar refractivity (Wildman–Crippen MR) is 109 cm³/mol. The number of hydrogen-bond acceptors (Lipinski definition) is 4. The van der Waals surface area contributed by atoms with Gasteiger partial charge in [-0.05, 0) is 36.4 Å². The van der Waals surface area contributed by atoms with E-state index in [-0.39, 0.29) is 5.91 Å². The predicted octanol–water partition coefficient (Wildman–Crippen LogP) is 5.00. The number of hydrogen-bond donors (Lipinski definition) is 2. The highest BCUT2D eigenvalue weighted by Gasteiger charge is 2.09. The second-order valence-electron chi connectivity index (χ2n) is 6.16. The maximum absolute atomic E-state index is 11.2. The van der Waals surface area contributed by atoms with E-state index in [1.54, 1.807) is 0 Å². The van der Waals surface area contributed by atoms with E-state index >= 15 is 0 Å². The molecule has 5 heteroatoms. The van der Waals surface area contributed by atoms with Gasteiger partial charge in [-0.1, -0.05) is 42.5 Å². The van der Waals surface area contributed by atoms with Crippen LogP contribution in [0.15, 0.2) is 78.9 Å². The molecule has 0 atom stereocenters. The molecule has 27 heavy (non-hydrogen) atoms. The van der Waals surface area contributed by atoms with Gasteiger partial charge < -0.3 is 10.6 Å². The summed E-state index contributed by atoms with van der Waals surface area (Å²) < 4.78 is 0. The number of carbonyl (C=O) groups is 1. The average Bonchev–Trinajstić information content (AvgIpc) is 2.70. The normalized spacial score (nSPS) is 10.6. The molecule has 0 fully saturated rings. The molecule has 1 heterocycles. The summed E-state index contributed by atoms with van der Waals surface area (Å²) in [5.74, 6) is 1.32. The van der Waals surface area contributed by atoms with Gasteiger partial charge in [0.2, 0.25) is 5.91 Å². The molecule has 5 nitrogen and oxygen atoms in total. The molecule has 0 saturated heterocycles. The van der Waals surface area contributed by atoms with Gasteiger partial charge in [0.25, 0.3) is 0 Å². The number of amides is 1. The van der Waals surface area contributed by atoms with Crippen molar-refractivity contribution >= 4 is 34.0 Å². The Morgan fingerprint density at radius 3 is 2.19 bits per heavy atom. The average molecular weight is 354 g/mol. The van der Waals surface area contributed by atoms with Crippen molar-refractivity contribution in [2.24, 2.45) is 0 Å². The van der Waals surface area contributed by atoms with Crippen molar-refractivity contribution in [1.29, 1.82) is 0 Å². The first-order valence-corrected chi connectivity index (χ1v) is 8.66. The first-order chi connectivity index (χ1) is 13.2. The lowest BCUT2D eigenvalue weighted by atomic mass is 10.2. The number of nitrogens with one attached hydrogen (secondary N) is 2. The summed E-state index contributed by atoms with van der Waals surface area (Å²) in [5, 5.41) is 7.08. The molecule has 0 aliphatic heterocycles. The second kappa shape index (κ2) is 7.25. The van der Waals surface area contributed by atoms with Crippen LogP contribution in [-0.4, -0.2) is 15.9 Å². The fourth-order valence-corrected chi connectivity index (χ4v) is 2.87. The zero-order chi connectivity index (χ0) is 18.6. The molecule has 1 aromatic heterocycles. The molecule has 4 rings (SSSR count). The molecule has 0 aliphatic carbocycles. The number of carbonyl (C=O) groups excluding carboxylic acids is 1. The van der Waals surface area contributed by atoms with Gasteiger partial charge >= 0.3 is 0 Å². The summed E-state index contributed by atoms with van der Waals surface area (Å²) in [6.45, 7) is 1.49. The number of benzene rings is 3. The zero-order valence-corrected chi connectivity index (χ0v) is 14.8. The van der Waals surface area contributed by atoms with Crippen molar-refractivity contribution in [2.45, 2.75) is 6.92 Å². The van der Waals surface area contributed by atoms with Crippen LogP contribution in [-0.2, 0) is 4.79 Å². The Hall–Kier alpha value is -3.73. The number of rotatable bonds is 4. The molecule has 0 spiro atoms. The third-order valence-electron chi connectivity index (χ3n) is 4.10. The van der Waals surface area contributed by atoms with Gasteiger partial charge in [0.15, 0.2) is 5.82 Å². The molecule has 0 saturated carbocycles. The number of anilines is 3. The molecule has 0 bridgehead atoms. The summed E-state index contributed by atoms with van der Waals surface area (Å²) in [4.78, 5) is 20.6. The van der Waals surface area contributed by atoms with Crippen LogP contribution in [0.25, 0.3) is 22.3 Å². The van der Waals surface area contributed by atoms with Crippen molar-refractivity contribution in [3.8, 4) is 11.4 Å². The van der Waals surface area contributed by atoms with E-state index in [0.29, 0.717) is 5.82 Å². The van der Waals surface area contributed by atoms with Gasteiger partial charge in [-0.2, -0.15) is 0 Å². The minimum Gasteiger partial charge on any atom is -0.340 e. The van der Waals surface area contributed by atoms with Gasteiger partial charge in [-0.15, -0.1) is 0 Å². The molecular formula is C22H18N4O. The lowest BCUT2D eigenvalue weighted by Crippen LogP contribution is -2.05. The van der Waals surface area contributed by atoms with Crippen molar-refractivity contribution in [3.63, 3.8) is 0 Å². The first-order valence-electron chi connectivity index (χ1n) is 8.66. The van der Waals surface area contributed by atoms with Crippen LogP contribution in [0.1, 0.15) is 6.92 Å². The van der Waals surface area contributed by atoms with Gasteiger partial charge in [0.05, 0.1) is 5.52 Å². The van der Waals surface area contributed by atoms with E-state index in [9.17, 15) is 4.79 Å². The van der Waals surface area contributed by atoms with Crippen molar-refractivity contribution in [1.82, 2.24) is 9.97 Å². The van der Waals surface area contributed by atoms with Crippen LogP contribution in [0, 0.1) is 0 Å². The molecule has 0 unspecified atom stereocenters. The summed E-state index contributed by atoms with van der Waals surface area (Å²) in [6.07, 6.45) is 0. The van der Waals surface area contributed by atoms with Gasteiger partial charge in [-0.3, -0.25) is 4.79 Å². The van der Waals surface area contributed by atoms with Crippen LogP contribution in [0.5, 0.6) is 0 Å². The van der Waals surface area contributed by atoms with E-state index < -0.39 is 0 Å². The fraction of sp³-hybridized carbons (Fsp3) is 0.0455. The molecule has 3 aromatic carbocycles. The van der Waals surface area contributed by atoms with Crippen molar-refractivity contribution in [2.75, 3.05) is 10.6 Å². The Bertz CT molecular complexity index is 1090. The highest BCUT2D eigenvalue weighted by Crippen LogP contribution is 2.27. The Morgan fingerprint density at radius 2 is 1.44 bits per heavy atom. The molecule has 4 aromatic rings. The molecule has 1 amide bonds. The number of fused-ring (bicyclic) bond motifs is 1.